The van der Waals surface area contributed by atoms with Gasteiger partial charge < -0.3 is 10.0 Å². The SMILES string of the molecule is CC(C)N(C(=O)C1CCCC(C(=O)O)C1)C1CCCC1. The molecule has 2 fully saturated rings. The molecule has 2 aliphatic carbocycles. The maximum absolute atomic E-state index is 12.8. The molecule has 0 aromatic carbocycles. The Hall–Kier alpha value is -1.06. The van der Waals surface area contributed by atoms with Crippen LogP contribution in [0.4, 0.5) is 0 Å². The van der Waals surface area contributed by atoms with Gasteiger partial charge in [-0.3, -0.25) is 9.59 Å². The van der Waals surface area contributed by atoms with E-state index in [0.717, 1.165) is 32.1 Å². The van der Waals surface area contributed by atoms with Crippen molar-refractivity contribution in [2.45, 2.75) is 77.3 Å². The van der Waals surface area contributed by atoms with E-state index in [0.29, 0.717) is 12.5 Å². The van der Waals surface area contributed by atoms with Crippen LogP contribution in [0.5, 0.6) is 0 Å². The second-order valence-electron chi connectivity index (χ2n) is 6.68. The highest BCUT2D eigenvalue weighted by molar-refractivity contribution is 5.81. The van der Waals surface area contributed by atoms with Gasteiger partial charge in [-0.2, -0.15) is 0 Å². The fraction of sp³-hybridized carbons (Fsp3) is 0.875. The molecule has 1 amide bonds. The molecule has 0 aromatic heterocycles. The molecule has 0 radical (unpaired) electrons. The van der Waals surface area contributed by atoms with Crippen molar-refractivity contribution < 1.29 is 14.7 Å². The first-order valence-electron chi connectivity index (χ1n) is 8.05. The second kappa shape index (κ2) is 6.59. The maximum atomic E-state index is 12.8. The number of rotatable bonds is 4. The van der Waals surface area contributed by atoms with E-state index in [2.05, 4.69) is 18.7 Å². The number of carboxylic acids is 1. The molecule has 2 atom stereocenters. The lowest BCUT2D eigenvalue weighted by Crippen LogP contribution is -2.47. The summed E-state index contributed by atoms with van der Waals surface area (Å²) in [4.78, 5) is 26.0. The van der Waals surface area contributed by atoms with Crippen LogP contribution in [-0.4, -0.2) is 34.0 Å². The van der Waals surface area contributed by atoms with Crippen molar-refractivity contribution in [2.75, 3.05) is 0 Å². The largest absolute Gasteiger partial charge is 0.481 e. The summed E-state index contributed by atoms with van der Waals surface area (Å²) < 4.78 is 0. The monoisotopic (exact) mass is 281 g/mol. The molecule has 1 N–H and O–H groups in total. The van der Waals surface area contributed by atoms with Crippen LogP contribution in [0.1, 0.15) is 65.2 Å². The zero-order valence-electron chi connectivity index (χ0n) is 12.7. The number of aliphatic carboxylic acids is 1. The first-order valence-corrected chi connectivity index (χ1v) is 8.05. The van der Waals surface area contributed by atoms with E-state index >= 15 is 0 Å². The van der Waals surface area contributed by atoms with Gasteiger partial charge in [0.2, 0.25) is 5.91 Å². The summed E-state index contributed by atoms with van der Waals surface area (Å²) in [5, 5.41) is 9.17. The summed E-state index contributed by atoms with van der Waals surface area (Å²) in [6.45, 7) is 4.15. The first-order chi connectivity index (χ1) is 9.50. The quantitative estimate of drug-likeness (QED) is 0.861. The molecule has 2 aliphatic rings. The van der Waals surface area contributed by atoms with Gasteiger partial charge in [0.05, 0.1) is 5.92 Å². The van der Waals surface area contributed by atoms with Crippen molar-refractivity contribution in [1.82, 2.24) is 4.90 Å². The van der Waals surface area contributed by atoms with E-state index in [4.69, 9.17) is 0 Å². The fourth-order valence-corrected chi connectivity index (χ4v) is 3.89. The van der Waals surface area contributed by atoms with Crippen molar-refractivity contribution in [3.05, 3.63) is 0 Å². The molecule has 20 heavy (non-hydrogen) atoms. The molecule has 0 spiro atoms. The highest BCUT2D eigenvalue weighted by Crippen LogP contribution is 2.33. The number of nitrogens with zero attached hydrogens (tertiary/aromatic N) is 1. The normalized spacial score (nSPS) is 27.8. The summed E-state index contributed by atoms with van der Waals surface area (Å²) in [6, 6.07) is 0.600. The number of carboxylic acid groups (broad SMARTS) is 1. The molecular formula is C16H27NO3. The smallest absolute Gasteiger partial charge is 0.306 e. The average Bonchev–Trinajstić information content (AvgIpc) is 2.92. The lowest BCUT2D eigenvalue weighted by atomic mass is 9.80. The highest BCUT2D eigenvalue weighted by atomic mass is 16.4. The standard InChI is InChI=1S/C16H27NO3/c1-11(2)17(14-8-3-4-9-14)15(18)12-6-5-7-13(10-12)16(19)20/h11-14H,3-10H2,1-2H3,(H,19,20). The van der Waals surface area contributed by atoms with Gasteiger partial charge in [-0.25, -0.2) is 0 Å². The molecule has 114 valence electrons. The molecule has 0 heterocycles. The molecule has 2 rings (SSSR count). The van der Waals surface area contributed by atoms with E-state index < -0.39 is 5.97 Å². The molecule has 0 saturated heterocycles. The van der Waals surface area contributed by atoms with Gasteiger partial charge >= 0.3 is 5.97 Å². The summed E-state index contributed by atoms with van der Waals surface area (Å²) in [7, 11) is 0. The molecule has 2 unspecified atom stereocenters. The lowest BCUT2D eigenvalue weighted by molar-refractivity contribution is -0.146. The number of hydrogen-bond acceptors (Lipinski definition) is 2. The Kier molecular flexibility index (Phi) is 5.06. The minimum absolute atomic E-state index is 0.0761. The van der Waals surface area contributed by atoms with E-state index in [1.165, 1.54) is 12.8 Å². The van der Waals surface area contributed by atoms with Crippen LogP contribution >= 0.6 is 0 Å². The molecule has 2 saturated carbocycles. The van der Waals surface area contributed by atoms with Crippen molar-refractivity contribution in [2.24, 2.45) is 11.8 Å². The maximum Gasteiger partial charge on any atom is 0.306 e. The minimum atomic E-state index is -0.737. The van der Waals surface area contributed by atoms with Gasteiger partial charge in [-0.15, -0.1) is 0 Å². The van der Waals surface area contributed by atoms with Gasteiger partial charge in [0.1, 0.15) is 0 Å². The Morgan fingerprint density at radius 1 is 1.00 bits per heavy atom. The summed E-state index contributed by atoms with van der Waals surface area (Å²) in [6.07, 6.45) is 7.63. The lowest BCUT2D eigenvalue weighted by Gasteiger charge is -2.37. The van der Waals surface area contributed by atoms with Crippen molar-refractivity contribution in [3.63, 3.8) is 0 Å². The van der Waals surface area contributed by atoms with E-state index in [1.807, 2.05) is 0 Å². The van der Waals surface area contributed by atoms with Crippen molar-refractivity contribution in [3.8, 4) is 0 Å². The first kappa shape index (κ1) is 15.3. The summed E-state index contributed by atoms with van der Waals surface area (Å²) >= 11 is 0. The van der Waals surface area contributed by atoms with Crippen LogP contribution in [0.25, 0.3) is 0 Å². The summed E-state index contributed by atoms with van der Waals surface area (Å²) in [5.41, 5.74) is 0. The minimum Gasteiger partial charge on any atom is -0.481 e. The Bertz CT molecular complexity index is 361. The molecule has 4 heteroatoms. The molecular weight excluding hydrogens is 254 g/mol. The van der Waals surface area contributed by atoms with Gasteiger partial charge in [-0.1, -0.05) is 19.3 Å². The van der Waals surface area contributed by atoms with Gasteiger partial charge in [0.15, 0.2) is 0 Å². The Balaban J connectivity index is 2.04. The van der Waals surface area contributed by atoms with E-state index in [-0.39, 0.29) is 23.8 Å². The highest BCUT2D eigenvalue weighted by Gasteiger charge is 2.37. The summed E-state index contributed by atoms with van der Waals surface area (Å²) in [5.74, 6) is -0.930. The molecule has 0 aliphatic heterocycles. The third-order valence-electron chi connectivity index (χ3n) is 4.90. The van der Waals surface area contributed by atoms with Crippen LogP contribution in [0.15, 0.2) is 0 Å². The Morgan fingerprint density at radius 2 is 1.60 bits per heavy atom. The molecule has 4 nitrogen and oxygen atoms in total. The zero-order valence-corrected chi connectivity index (χ0v) is 12.7. The molecule has 0 aromatic rings. The van der Waals surface area contributed by atoms with Gasteiger partial charge in [0.25, 0.3) is 0 Å². The average molecular weight is 281 g/mol. The van der Waals surface area contributed by atoms with E-state index in [9.17, 15) is 14.7 Å². The Labute approximate surface area is 121 Å². The van der Waals surface area contributed by atoms with Crippen LogP contribution < -0.4 is 0 Å². The second-order valence-corrected chi connectivity index (χ2v) is 6.68. The van der Waals surface area contributed by atoms with Crippen LogP contribution in [0.2, 0.25) is 0 Å². The van der Waals surface area contributed by atoms with Crippen LogP contribution in [-0.2, 0) is 9.59 Å². The predicted molar refractivity (Wildman–Crippen MR) is 77.3 cm³/mol. The predicted octanol–water partition coefficient (Wildman–Crippen LogP) is 3.06. The Morgan fingerprint density at radius 3 is 2.15 bits per heavy atom. The van der Waals surface area contributed by atoms with Crippen molar-refractivity contribution >= 4 is 11.9 Å². The van der Waals surface area contributed by atoms with Gasteiger partial charge in [0, 0.05) is 18.0 Å². The van der Waals surface area contributed by atoms with E-state index in [1.54, 1.807) is 0 Å². The van der Waals surface area contributed by atoms with Crippen LogP contribution in [0, 0.1) is 11.8 Å². The topological polar surface area (TPSA) is 57.6 Å². The third-order valence-corrected chi connectivity index (χ3v) is 4.90. The fourth-order valence-electron chi connectivity index (χ4n) is 3.89. The number of carbonyl (C=O) groups is 2. The number of amides is 1. The van der Waals surface area contributed by atoms with Gasteiger partial charge in [-0.05, 0) is 46.0 Å². The third kappa shape index (κ3) is 3.33. The molecule has 0 bridgehead atoms. The van der Waals surface area contributed by atoms with Crippen molar-refractivity contribution in [1.29, 1.82) is 0 Å². The number of hydrogen-bond donors (Lipinski definition) is 1. The van der Waals surface area contributed by atoms with Crippen LogP contribution in [0.3, 0.4) is 0 Å². The zero-order chi connectivity index (χ0) is 14.7. The number of carbonyl (C=O) groups excluding carboxylic acids is 1.